The van der Waals surface area contributed by atoms with E-state index in [2.05, 4.69) is 18.4 Å². The van der Waals surface area contributed by atoms with Gasteiger partial charge < -0.3 is 19.8 Å². The predicted molar refractivity (Wildman–Crippen MR) is 101 cm³/mol. The minimum atomic E-state index is -5.08. The highest BCUT2D eigenvalue weighted by Gasteiger charge is 2.38. The molecule has 0 saturated carbocycles. The van der Waals surface area contributed by atoms with Crippen molar-refractivity contribution in [1.82, 2.24) is 14.7 Å². The van der Waals surface area contributed by atoms with Crippen LogP contribution in [0.1, 0.15) is 26.2 Å². The van der Waals surface area contributed by atoms with Gasteiger partial charge in [0.2, 0.25) is 11.8 Å². The smallest absolute Gasteiger partial charge is 0.475 e. The molecule has 1 atom stereocenters. The molecule has 0 aliphatic carbocycles. The van der Waals surface area contributed by atoms with Crippen molar-refractivity contribution in [2.75, 3.05) is 46.3 Å². The topological polar surface area (TPSA) is 81.2 Å². The normalized spacial score (nSPS) is 20.8. The van der Waals surface area contributed by atoms with Gasteiger partial charge in [-0.3, -0.25) is 9.59 Å². The van der Waals surface area contributed by atoms with Gasteiger partial charge in [-0.1, -0.05) is 13.0 Å². The summed E-state index contributed by atoms with van der Waals surface area (Å²) in [7, 11) is 1.86. The van der Waals surface area contributed by atoms with Crippen molar-refractivity contribution in [3.8, 4) is 0 Å². The van der Waals surface area contributed by atoms with Crippen LogP contribution in [0.2, 0.25) is 0 Å². The van der Waals surface area contributed by atoms with Crippen molar-refractivity contribution in [2.24, 2.45) is 11.8 Å². The number of amides is 2. The quantitative estimate of drug-likeness (QED) is 0.662. The second kappa shape index (κ2) is 11.2. The summed E-state index contributed by atoms with van der Waals surface area (Å²) in [4.78, 5) is 39.2. The first-order chi connectivity index (χ1) is 13.5. The van der Waals surface area contributed by atoms with E-state index in [1.54, 1.807) is 15.9 Å². The first-order valence-electron chi connectivity index (χ1n) is 9.61. The molecule has 0 aromatic carbocycles. The second-order valence-corrected chi connectivity index (χ2v) is 7.58. The third-order valence-electron chi connectivity index (χ3n) is 5.16. The molecule has 2 heterocycles. The number of carboxylic acid groups (broad SMARTS) is 1. The number of carboxylic acids is 1. The zero-order chi connectivity index (χ0) is 22.2. The highest BCUT2D eigenvalue weighted by molar-refractivity contribution is 5.89. The Morgan fingerprint density at radius 1 is 1.31 bits per heavy atom. The summed E-state index contributed by atoms with van der Waals surface area (Å²) < 4.78 is 31.7. The minimum absolute atomic E-state index is 0.0664. The van der Waals surface area contributed by atoms with Gasteiger partial charge in [0.1, 0.15) is 0 Å². The van der Waals surface area contributed by atoms with Crippen LogP contribution in [0.4, 0.5) is 13.2 Å². The van der Waals surface area contributed by atoms with Crippen molar-refractivity contribution < 1.29 is 32.7 Å². The van der Waals surface area contributed by atoms with Gasteiger partial charge in [-0.2, -0.15) is 13.2 Å². The number of likely N-dealkylation sites (tertiary alicyclic amines) is 2. The van der Waals surface area contributed by atoms with Crippen molar-refractivity contribution in [3.05, 3.63) is 12.7 Å². The number of halogens is 3. The van der Waals surface area contributed by atoms with E-state index in [9.17, 15) is 22.8 Å². The molecule has 10 heteroatoms. The number of carbonyl (C=O) groups excluding carboxylic acids is 2. The Bertz CT molecular complexity index is 590. The number of hydrogen-bond donors (Lipinski definition) is 1. The molecule has 2 rings (SSSR count). The zero-order valence-corrected chi connectivity index (χ0v) is 17.0. The first kappa shape index (κ1) is 24.9. The first-order valence-corrected chi connectivity index (χ1v) is 9.61. The molecule has 7 nitrogen and oxygen atoms in total. The largest absolute Gasteiger partial charge is 0.490 e. The van der Waals surface area contributed by atoms with Gasteiger partial charge >= 0.3 is 12.1 Å². The molecular weight excluding hydrogens is 391 g/mol. The lowest BCUT2D eigenvalue weighted by atomic mass is 9.99. The van der Waals surface area contributed by atoms with Gasteiger partial charge in [-0.15, -0.1) is 6.58 Å². The lowest BCUT2D eigenvalue weighted by Crippen LogP contribution is -2.42. The summed E-state index contributed by atoms with van der Waals surface area (Å²) in [6, 6.07) is 0. The van der Waals surface area contributed by atoms with E-state index in [0.29, 0.717) is 19.5 Å². The molecule has 0 aromatic heterocycles. The molecule has 0 radical (unpaired) electrons. The van der Waals surface area contributed by atoms with E-state index in [0.717, 1.165) is 32.1 Å². The maximum atomic E-state index is 12.5. The maximum Gasteiger partial charge on any atom is 0.490 e. The van der Waals surface area contributed by atoms with Gasteiger partial charge in [0.05, 0.1) is 5.92 Å². The third kappa shape index (κ3) is 8.43. The molecule has 1 unspecified atom stereocenters. The van der Waals surface area contributed by atoms with Gasteiger partial charge in [0.25, 0.3) is 0 Å². The molecular formula is C19H30F3N3O4. The number of hydrogen-bond acceptors (Lipinski definition) is 4. The molecule has 0 aromatic rings. The Morgan fingerprint density at radius 3 is 2.34 bits per heavy atom. The Balaban J connectivity index is 0.000000516. The predicted octanol–water partition coefficient (Wildman–Crippen LogP) is 1.84. The summed E-state index contributed by atoms with van der Waals surface area (Å²) in [6.45, 7) is 11.0. The highest BCUT2D eigenvalue weighted by atomic mass is 19.4. The highest BCUT2D eigenvalue weighted by Crippen LogP contribution is 2.20. The third-order valence-corrected chi connectivity index (χ3v) is 5.16. The standard InChI is InChI=1S/C17H29N3O2.C2HF3O2/c1-4-7-20-13-15(12-16(20)21)17(22)18(3)10-11-19-8-5-14(2)6-9-19;3-2(4,5)1(6)7/h4,14-15H,1,5-13H2,2-3H3;(H,6,7). The summed E-state index contributed by atoms with van der Waals surface area (Å²) in [5, 5.41) is 7.12. The van der Waals surface area contributed by atoms with Crippen LogP contribution in [0, 0.1) is 11.8 Å². The van der Waals surface area contributed by atoms with Crippen molar-refractivity contribution >= 4 is 17.8 Å². The number of rotatable bonds is 6. The lowest BCUT2D eigenvalue weighted by Gasteiger charge is -2.32. The van der Waals surface area contributed by atoms with Crippen LogP contribution in [0.5, 0.6) is 0 Å². The van der Waals surface area contributed by atoms with E-state index in [4.69, 9.17) is 9.90 Å². The summed E-state index contributed by atoms with van der Waals surface area (Å²) in [5.41, 5.74) is 0. The number of piperidine rings is 1. The minimum Gasteiger partial charge on any atom is -0.475 e. The monoisotopic (exact) mass is 421 g/mol. The fraction of sp³-hybridized carbons (Fsp3) is 0.737. The van der Waals surface area contributed by atoms with Gasteiger partial charge in [0, 0.05) is 39.6 Å². The summed E-state index contributed by atoms with van der Waals surface area (Å²) >= 11 is 0. The summed E-state index contributed by atoms with van der Waals surface area (Å²) in [5.74, 6) is -1.94. The molecule has 2 amide bonds. The average Bonchev–Trinajstić information content (AvgIpc) is 3.01. The Morgan fingerprint density at radius 2 is 1.86 bits per heavy atom. The Hall–Kier alpha value is -2.10. The fourth-order valence-corrected chi connectivity index (χ4v) is 3.27. The van der Waals surface area contributed by atoms with Crippen LogP contribution >= 0.6 is 0 Å². The molecule has 29 heavy (non-hydrogen) atoms. The number of likely N-dealkylation sites (N-methyl/N-ethyl adjacent to an activating group) is 1. The maximum absolute atomic E-state index is 12.5. The molecule has 166 valence electrons. The number of nitrogens with zero attached hydrogens (tertiary/aromatic N) is 3. The Labute approximate surface area is 169 Å². The Kier molecular flexibility index (Phi) is 9.61. The molecule has 2 aliphatic rings. The van der Waals surface area contributed by atoms with Crippen LogP contribution in [-0.2, 0) is 14.4 Å². The van der Waals surface area contributed by atoms with Gasteiger partial charge in [0.15, 0.2) is 0 Å². The van der Waals surface area contributed by atoms with Crippen LogP contribution in [0.15, 0.2) is 12.7 Å². The SMILES string of the molecule is C=CCN1CC(C(=O)N(C)CCN2CCC(C)CC2)CC1=O.O=C(O)C(F)(F)F. The number of alkyl halides is 3. The summed E-state index contributed by atoms with van der Waals surface area (Å²) in [6.07, 6.45) is -0.513. The van der Waals surface area contributed by atoms with E-state index < -0.39 is 12.1 Å². The molecule has 1 N–H and O–H groups in total. The van der Waals surface area contributed by atoms with Gasteiger partial charge in [-0.25, -0.2) is 4.79 Å². The second-order valence-electron chi connectivity index (χ2n) is 7.58. The molecule has 0 bridgehead atoms. The molecule has 2 saturated heterocycles. The fourth-order valence-electron chi connectivity index (χ4n) is 3.27. The van der Waals surface area contributed by atoms with Crippen LogP contribution in [0.3, 0.4) is 0 Å². The molecule has 2 aliphatic heterocycles. The van der Waals surface area contributed by atoms with Crippen molar-refractivity contribution in [2.45, 2.75) is 32.4 Å². The van der Waals surface area contributed by atoms with Crippen molar-refractivity contribution in [3.63, 3.8) is 0 Å². The lowest BCUT2D eigenvalue weighted by molar-refractivity contribution is -0.192. The molecule has 0 spiro atoms. The van der Waals surface area contributed by atoms with Gasteiger partial charge in [-0.05, 0) is 31.8 Å². The van der Waals surface area contributed by atoms with Crippen LogP contribution in [0.25, 0.3) is 0 Å². The number of aliphatic carboxylic acids is 1. The number of carbonyl (C=O) groups is 3. The molecule has 2 fully saturated rings. The van der Waals surface area contributed by atoms with Crippen LogP contribution in [-0.4, -0.2) is 90.1 Å². The van der Waals surface area contributed by atoms with E-state index in [1.807, 2.05) is 7.05 Å². The average molecular weight is 421 g/mol. The zero-order valence-electron chi connectivity index (χ0n) is 17.0. The van der Waals surface area contributed by atoms with E-state index >= 15 is 0 Å². The van der Waals surface area contributed by atoms with Crippen LogP contribution < -0.4 is 0 Å². The van der Waals surface area contributed by atoms with E-state index in [1.165, 1.54) is 12.8 Å². The van der Waals surface area contributed by atoms with Crippen molar-refractivity contribution in [1.29, 1.82) is 0 Å². The van der Waals surface area contributed by atoms with E-state index in [-0.39, 0.29) is 17.7 Å².